The maximum absolute atomic E-state index is 5.45. The fraction of sp³-hybridized carbons (Fsp3) is 1.00. The van der Waals surface area contributed by atoms with Crippen molar-refractivity contribution in [2.75, 3.05) is 46.4 Å². The summed E-state index contributed by atoms with van der Waals surface area (Å²) in [6.07, 6.45) is 6.53. The van der Waals surface area contributed by atoms with Crippen LogP contribution in [0.25, 0.3) is 0 Å². The van der Waals surface area contributed by atoms with Crippen molar-refractivity contribution < 1.29 is 4.74 Å². The SMILES string of the molecule is CCC1(CN(C)CC2CCOCC2)CCNCC1. The quantitative estimate of drug-likeness (QED) is 0.813. The van der Waals surface area contributed by atoms with Crippen molar-refractivity contribution in [3.8, 4) is 0 Å². The van der Waals surface area contributed by atoms with E-state index in [0.29, 0.717) is 5.41 Å². The zero-order valence-corrected chi connectivity index (χ0v) is 12.2. The third kappa shape index (κ3) is 3.94. The molecule has 2 fully saturated rings. The van der Waals surface area contributed by atoms with Crippen molar-refractivity contribution in [2.45, 2.75) is 39.0 Å². The van der Waals surface area contributed by atoms with Gasteiger partial charge in [0.15, 0.2) is 0 Å². The predicted octanol–water partition coefficient (Wildman–Crippen LogP) is 2.12. The molecule has 2 heterocycles. The standard InChI is InChI=1S/C15H30N2O/c1-3-15(6-8-16-9-7-15)13-17(2)12-14-4-10-18-11-5-14/h14,16H,3-13H2,1-2H3. The van der Waals surface area contributed by atoms with E-state index in [1.807, 2.05) is 0 Å². The van der Waals surface area contributed by atoms with Gasteiger partial charge in [0.1, 0.15) is 0 Å². The van der Waals surface area contributed by atoms with Crippen LogP contribution >= 0.6 is 0 Å². The molecular weight excluding hydrogens is 224 g/mol. The molecule has 0 saturated carbocycles. The molecule has 2 saturated heterocycles. The molecule has 0 aliphatic carbocycles. The first-order chi connectivity index (χ1) is 8.74. The summed E-state index contributed by atoms with van der Waals surface area (Å²) in [5.74, 6) is 0.861. The lowest BCUT2D eigenvalue weighted by Crippen LogP contribution is -2.44. The molecule has 0 unspecified atom stereocenters. The highest BCUT2D eigenvalue weighted by Gasteiger charge is 2.31. The summed E-state index contributed by atoms with van der Waals surface area (Å²) in [6, 6.07) is 0. The summed E-state index contributed by atoms with van der Waals surface area (Å²) in [4.78, 5) is 2.59. The zero-order chi connectivity index (χ0) is 12.8. The Kier molecular flexibility index (Phi) is 5.46. The van der Waals surface area contributed by atoms with Crippen molar-refractivity contribution in [1.29, 1.82) is 0 Å². The second-order valence-electron chi connectivity index (χ2n) is 6.36. The van der Waals surface area contributed by atoms with Gasteiger partial charge in [-0.3, -0.25) is 0 Å². The maximum Gasteiger partial charge on any atom is 0.0469 e. The monoisotopic (exact) mass is 254 g/mol. The second-order valence-corrected chi connectivity index (χ2v) is 6.36. The molecule has 1 N–H and O–H groups in total. The first-order valence-electron chi connectivity index (χ1n) is 7.71. The Balaban J connectivity index is 1.78. The zero-order valence-electron chi connectivity index (χ0n) is 12.2. The first-order valence-corrected chi connectivity index (χ1v) is 7.71. The topological polar surface area (TPSA) is 24.5 Å². The van der Waals surface area contributed by atoms with Gasteiger partial charge in [-0.1, -0.05) is 6.92 Å². The van der Waals surface area contributed by atoms with Crippen LogP contribution in [-0.4, -0.2) is 51.3 Å². The van der Waals surface area contributed by atoms with Gasteiger partial charge in [0.25, 0.3) is 0 Å². The van der Waals surface area contributed by atoms with Gasteiger partial charge in [0.2, 0.25) is 0 Å². The van der Waals surface area contributed by atoms with E-state index in [0.717, 1.165) is 19.1 Å². The lowest BCUT2D eigenvalue weighted by atomic mass is 9.76. The summed E-state index contributed by atoms with van der Waals surface area (Å²) >= 11 is 0. The molecule has 2 aliphatic rings. The Hall–Kier alpha value is -0.120. The van der Waals surface area contributed by atoms with Crippen LogP contribution in [-0.2, 0) is 4.74 Å². The fourth-order valence-electron chi connectivity index (χ4n) is 3.59. The average molecular weight is 254 g/mol. The van der Waals surface area contributed by atoms with Crippen molar-refractivity contribution in [2.24, 2.45) is 11.3 Å². The molecule has 18 heavy (non-hydrogen) atoms. The van der Waals surface area contributed by atoms with E-state index < -0.39 is 0 Å². The second kappa shape index (κ2) is 6.88. The molecule has 2 rings (SSSR count). The lowest BCUT2D eigenvalue weighted by molar-refractivity contribution is 0.0451. The Bertz CT molecular complexity index is 233. The molecule has 0 spiro atoms. The van der Waals surface area contributed by atoms with E-state index in [-0.39, 0.29) is 0 Å². The molecule has 3 nitrogen and oxygen atoms in total. The number of hydrogen-bond acceptors (Lipinski definition) is 3. The molecule has 0 aromatic heterocycles. The van der Waals surface area contributed by atoms with E-state index in [1.165, 1.54) is 58.3 Å². The van der Waals surface area contributed by atoms with Crippen molar-refractivity contribution in [3.63, 3.8) is 0 Å². The van der Waals surface area contributed by atoms with Crippen LogP contribution < -0.4 is 5.32 Å². The van der Waals surface area contributed by atoms with Crippen LogP contribution in [0, 0.1) is 11.3 Å². The van der Waals surface area contributed by atoms with E-state index in [2.05, 4.69) is 24.2 Å². The maximum atomic E-state index is 5.45. The molecule has 106 valence electrons. The average Bonchev–Trinajstić information content (AvgIpc) is 2.41. The Labute approximate surface area is 112 Å². The van der Waals surface area contributed by atoms with E-state index >= 15 is 0 Å². The minimum atomic E-state index is 0.575. The largest absolute Gasteiger partial charge is 0.381 e. The number of nitrogens with one attached hydrogen (secondary N) is 1. The van der Waals surface area contributed by atoms with Gasteiger partial charge in [-0.25, -0.2) is 0 Å². The highest BCUT2D eigenvalue weighted by molar-refractivity contribution is 4.86. The number of piperidine rings is 1. The first kappa shape index (κ1) is 14.3. The molecule has 0 bridgehead atoms. The molecule has 3 heteroatoms. The van der Waals surface area contributed by atoms with Gasteiger partial charge in [-0.05, 0) is 63.6 Å². The number of hydrogen-bond donors (Lipinski definition) is 1. The van der Waals surface area contributed by atoms with Crippen molar-refractivity contribution in [1.82, 2.24) is 10.2 Å². The lowest BCUT2D eigenvalue weighted by Gasteiger charge is -2.41. The van der Waals surface area contributed by atoms with Gasteiger partial charge >= 0.3 is 0 Å². The van der Waals surface area contributed by atoms with E-state index in [9.17, 15) is 0 Å². The van der Waals surface area contributed by atoms with Crippen LogP contribution in [0.4, 0.5) is 0 Å². The van der Waals surface area contributed by atoms with Gasteiger partial charge in [-0.15, -0.1) is 0 Å². The fourth-order valence-corrected chi connectivity index (χ4v) is 3.59. The molecule has 0 aromatic rings. The minimum Gasteiger partial charge on any atom is -0.381 e. The Morgan fingerprint density at radius 3 is 2.50 bits per heavy atom. The highest BCUT2D eigenvalue weighted by Crippen LogP contribution is 2.33. The van der Waals surface area contributed by atoms with Crippen LogP contribution in [0.15, 0.2) is 0 Å². The summed E-state index contributed by atoms with van der Waals surface area (Å²) in [5, 5.41) is 3.49. The smallest absolute Gasteiger partial charge is 0.0469 e. The molecule has 0 radical (unpaired) electrons. The highest BCUT2D eigenvalue weighted by atomic mass is 16.5. The number of nitrogens with zero attached hydrogens (tertiary/aromatic N) is 1. The predicted molar refractivity (Wildman–Crippen MR) is 75.9 cm³/mol. The molecular formula is C15H30N2O. The molecule has 0 aromatic carbocycles. The van der Waals surface area contributed by atoms with Crippen LogP contribution in [0.1, 0.15) is 39.0 Å². The van der Waals surface area contributed by atoms with Crippen molar-refractivity contribution >= 4 is 0 Å². The minimum absolute atomic E-state index is 0.575. The molecule has 2 aliphatic heterocycles. The molecule has 0 atom stereocenters. The summed E-state index contributed by atoms with van der Waals surface area (Å²) in [5.41, 5.74) is 0.575. The van der Waals surface area contributed by atoms with Gasteiger partial charge in [-0.2, -0.15) is 0 Å². The van der Waals surface area contributed by atoms with Crippen LogP contribution in [0.5, 0.6) is 0 Å². The summed E-state index contributed by atoms with van der Waals surface area (Å²) in [7, 11) is 2.31. The van der Waals surface area contributed by atoms with Crippen LogP contribution in [0.2, 0.25) is 0 Å². The number of rotatable bonds is 5. The summed E-state index contributed by atoms with van der Waals surface area (Å²) < 4.78 is 5.45. The van der Waals surface area contributed by atoms with Crippen molar-refractivity contribution in [3.05, 3.63) is 0 Å². The van der Waals surface area contributed by atoms with Gasteiger partial charge in [0.05, 0.1) is 0 Å². The molecule has 0 amide bonds. The van der Waals surface area contributed by atoms with Crippen LogP contribution in [0.3, 0.4) is 0 Å². The van der Waals surface area contributed by atoms with Gasteiger partial charge < -0.3 is 15.0 Å². The number of ether oxygens (including phenoxy) is 1. The van der Waals surface area contributed by atoms with E-state index in [4.69, 9.17) is 4.74 Å². The Morgan fingerprint density at radius 2 is 1.89 bits per heavy atom. The van der Waals surface area contributed by atoms with E-state index in [1.54, 1.807) is 0 Å². The summed E-state index contributed by atoms with van der Waals surface area (Å²) in [6.45, 7) is 9.27. The van der Waals surface area contributed by atoms with Gasteiger partial charge in [0, 0.05) is 26.3 Å². The Morgan fingerprint density at radius 1 is 1.22 bits per heavy atom. The third-order valence-corrected chi connectivity index (χ3v) is 4.93. The third-order valence-electron chi connectivity index (χ3n) is 4.93. The normalized spacial score (nSPS) is 25.5.